The minimum atomic E-state index is -0.558. The molecule has 2 aliphatic heterocycles. The molecule has 0 saturated heterocycles. The molecule has 0 fully saturated rings. The highest BCUT2D eigenvalue weighted by Gasteiger charge is 2.35. The first-order valence-corrected chi connectivity index (χ1v) is 10.4. The molecule has 4 rings (SSSR count). The highest BCUT2D eigenvalue weighted by atomic mass is 35.5. The molecule has 3 amide bonds. The fourth-order valence-corrected chi connectivity index (χ4v) is 3.91. The molecule has 2 aromatic rings. The molecular weight excluding hydrogens is 429 g/mol. The molecule has 1 aromatic heterocycles. The second kappa shape index (κ2) is 8.81. The van der Waals surface area contributed by atoms with Crippen molar-refractivity contribution < 1.29 is 23.6 Å². The van der Waals surface area contributed by atoms with Crippen LogP contribution in [0.3, 0.4) is 0 Å². The van der Waals surface area contributed by atoms with Crippen LogP contribution in [0, 0.1) is 5.82 Å². The van der Waals surface area contributed by atoms with Crippen molar-refractivity contribution in [3.05, 3.63) is 46.0 Å². The Morgan fingerprint density at radius 1 is 1.45 bits per heavy atom. The molecule has 31 heavy (non-hydrogen) atoms. The van der Waals surface area contributed by atoms with Gasteiger partial charge in [-0.2, -0.15) is 5.10 Å². The molecule has 0 aliphatic carbocycles. The van der Waals surface area contributed by atoms with Crippen molar-refractivity contribution >= 4 is 29.2 Å². The Kier molecular flexibility index (Phi) is 6.12. The lowest BCUT2D eigenvalue weighted by Crippen LogP contribution is -2.39. The largest absolute Gasteiger partial charge is 0.379 e. The summed E-state index contributed by atoms with van der Waals surface area (Å²) in [5, 5.41) is 8.45. The molecule has 1 unspecified atom stereocenters. The van der Waals surface area contributed by atoms with Gasteiger partial charge < -0.3 is 15.0 Å². The Morgan fingerprint density at radius 2 is 2.26 bits per heavy atom. The van der Waals surface area contributed by atoms with Gasteiger partial charge in [0.2, 0.25) is 0 Å². The second-order valence-corrected chi connectivity index (χ2v) is 7.78. The first-order valence-electron chi connectivity index (χ1n) is 9.99. The van der Waals surface area contributed by atoms with Crippen LogP contribution in [0.4, 0.5) is 14.9 Å². The van der Waals surface area contributed by atoms with Crippen molar-refractivity contribution in [2.45, 2.75) is 32.5 Å². The lowest BCUT2D eigenvalue weighted by atomic mass is 10.1. The Bertz CT molecular complexity index is 1010. The topological polar surface area (TPSA) is 88.9 Å². The Balaban J connectivity index is 1.54. The lowest BCUT2D eigenvalue weighted by molar-refractivity contribution is -0.165. The number of hydrogen-bond acceptors (Lipinski definition) is 5. The molecular formula is C20H23ClFN5O4. The van der Waals surface area contributed by atoms with Gasteiger partial charge in [-0.3, -0.25) is 14.3 Å². The van der Waals surface area contributed by atoms with Crippen molar-refractivity contribution in [1.29, 1.82) is 0 Å². The summed E-state index contributed by atoms with van der Waals surface area (Å²) in [7, 11) is 1.56. The van der Waals surface area contributed by atoms with Crippen molar-refractivity contribution in [1.82, 2.24) is 19.7 Å². The fourth-order valence-electron chi connectivity index (χ4n) is 3.73. The number of benzene rings is 1. The van der Waals surface area contributed by atoms with Crippen LogP contribution in [0.5, 0.6) is 0 Å². The van der Waals surface area contributed by atoms with Crippen LogP contribution in [-0.2, 0) is 29.1 Å². The van der Waals surface area contributed by atoms with E-state index in [2.05, 4.69) is 10.4 Å². The van der Waals surface area contributed by atoms with Crippen LogP contribution in [0.15, 0.2) is 18.2 Å². The van der Waals surface area contributed by atoms with Gasteiger partial charge in [0, 0.05) is 37.9 Å². The average Bonchev–Trinajstić information content (AvgIpc) is 3.05. The minimum absolute atomic E-state index is 0.0732. The van der Waals surface area contributed by atoms with E-state index in [-0.39, 0.29) is 29.6 Å². The predicted octanol–water partition coefficient (Wildman–Crippen LogP) is 2.69. The number of nitrogens with one attached hydrogen (secondary N) is 1. The number of halogens is 2. The average molecular weight is 452 g/mol. The van der Waals surface area contributed by atoms with E-state index >= 15 is 0 Å². The second-order valence-electron chi connectivity index (χ2n) is 7.38. The summed E-state index contributed by atoms with van der Waals surface area (Å²) < 4.78 is 20.5. The van der Waals surface area contributed by atoms with Crippen molar-refractivity contribution in [3.63, 3.8) is 0 Å². The number of ether oxygens (including phenoxy) is 1. The molecule has 0 bridgehead atoms. The van der Waals surface area contributed by atoms with Crippen molar-refractivity contribution in [3.8, 4) is 0 Å². The zero-order chi connectivity index (χ0) is 22.1. The Morgan fingerprint density at radius 3 is 3.00 bits per heavy atom. The van der Waals surface area contributed by atoms with E-state index in [0.29, 0.717) is 49.7 Å². The number of fused-ring (bicyclic) bond motifs is 3. The number of hydroxylamine groups is 2. The molecule has 3 heterocycles. The van der Waals surface area contributed by atoms with E-state index in [1.807, 2.05) is 6.92 Å². The number of hydrogen-bond donors (Lipinski definition) is 1. The summed E-state index contributed by atoms with van der Waals surface area (Å²) >= 11 is 5.79. The van der Waals surface area contributed by atoms with Gasteiger partial charge in [0.1, 0.15) is 17.6 Å². The van der Waals surface area contributed by atoms with E-state index in [0.717, 1.165) is 5.69 Å². The maximum Gasteiger partial charge on any atom is 0.322 e. The maximum atomic E-state index is 13.4. The third-order valence-corrected chi connectivity index (χ3v) is 5.53. The summed E-state index contributed by atoms with van der Waals surface area (Å²) in [5.41, 5.74) is 2.30. The van der Waals surface area contributed by atoms with E-state index < -0.39 is 5.82 Å². The first-order chi connectivity index (χ1) is 14.9. The van der Waals surface area contributed by atoms with E-state index in [1.165, 1.54) is 23.3 Å². The van der Waals surface area contributed by atoms with Crippen LogP contribution in [0.25, 0.3) is 0 Å². The standard InChI is InChI=1S/C20H23ClFN5O4/c1-3-30-11-13-9-27-18(19(28)25(2)31-13)14-10-26(7-6-17(14)24-27)20(29)23-12-4-5-16(22)15(21)8-12/h4-5,8,13H,3,6-7,9-11H2,1-2H3,(H,23,29). The van der Waals surface area contributed by atoms with Crippen molar-refractivity contribution in [2.24, 2.45) is 0 Å². The van der Waals surface area contributed by atoms with Gasteiger partial charge in [0.15, 0.2) is 0 Å². The zero-order valence-electron chi connectivity index (χ0n) is 17.2. The van der Waals surface area contributed by atoms with Crippen LogP contribution in [0.2, 0.25) is 5.02 Å². The molecule has 0 saturated carbocycles. The smallest absolute Gasteiger partial charge is 0.322 e. The fraction of sp³-hybridized carbons (Fsp3) is 0.450. The van der Waals surface area contributed by atoms with Crippen molar-refractivity contribution in [2.75, 3.05) is 32.1 Å². The molecule has 1 aromatic carbocycles. The van der Waals surface area contributed by atoms with E-state index in [1.54, 1.807) is 16.6 Å². The number of amides is 3. The lowest BCUT2D eigenvalue weighted by Gasteiger charge is -2.27. The number of anilines is 1. The number of carbonyl (C=O) groups is 2. The number of urea groups is 1. The molecule has 2 aliphatic rings. The van der Waals surface area contributed by atoms with Crippen LogP contribution in [0.1, 0.15) is 28.7 Å². The summed E-state index contributed by atoms with van der Waals surface area (Å²) in [6.45, 7) is 3.81. The summed E-state index contributed by atoms with van der Waals surface area (Å²) in [5.74, 6) is -0.877. The Hall–Kier alpha value is -2.69. The van der Waals surface area contributed by atoms with Gasteiger partial charge in [-0.05, 0) is 25.1 Å². The van der Waals surface area contributed by atoms with Crippen LogP contribution >= 0.6 is 11.6 Å². The summed E-state index contributed by atoms with van der Waals surface area (Å²) in [6.07, 6.45) is 0.167. The summed E-state index contributed by atoms with van der Waals surface area (Å²) in [4.78, 5) is 33.0. The van der Waals surface area contributed by atoms with Gasteiger partial charge in [0.25, 0.3) is 5.91 Å². The normalized spacial score (nSPS) is 18.5. The number of rotatable bonds is 4. The van der Waals surface area contributed by atoms with Gasteiger partial charge >= 0.3 is 6.03 Å². The summed E-state index contributed by atoms with van der Waals surface area (Å²) in [6, 6.07) is 3.62. The highest BCUT2D eigenvalue weighted by molar-refractivity contribution is 6.31. The number of carbonyl (C=O) groups excluding carboxylic acids is 2. The third-order valence-electron chi connectivity index (χ3n) is 5.24. The molecule has 0 spiro atoms. The molecule has 1 N–H and O–H groups in total. The SMILES string of the molecule is CCOCC1Cn2nc3c(c2C(=O)N(C)O1)CN(C(=O)Nc1ccc(F)c(Cl)c1)CC3. The minimum Gasteiger partial charge on any atom is -0.379 e. The van der Waals surface area contributed by atoms with E-state index in [9.17, 15) is 14.0 Å². The number of nitrogens with zero attached hydrogens (tertiary/aromatic N) is 4. The maximum absolute atomic E-state index is 13.4. The number of aromatic nitrogens is 2. The molecule has 1 atom stereocenters. The third kappa shape index (κ3) is 4.36. The van der Waals surface area contributed by atoms with Crippen LogP contribution < -0.4 is 5.32 Å². The van der Waals surface area contributed by atoms with E-state index in [4.69, 9.17) is 21.2 Å². The van der Waals surface area contributed by atoms with Gasteiger partial charge in [-0.15, -0.1) is 0 Å². The van der Waals surface area contributed by atoms with Gasteiger partial charge in [0.05, 0.1) is 30.4 Å². The highest BCUT2D eigenvalue weighted by Crippen LogP contribution is 2.27. The van der Waals surface area contributed by atoms with Crippen LogP contribution in [-0.4, -0.2) is 64.6 Å². The molecule has 9 nitrogen and oxygen atoms in total. The van der Waals surface area contributed by atoms with Gasteiger partial charge in [-0.25, -0.2) is 14.2 Å². The van der Waals surface area contributed by atoms with Gasteiger partial charge in [-0.1, -0.05) is 11.6 Å². The molecule has 0 radical (unpaired) electrons. The quantitative estimate of drug-likeness (QED) is 0.772. The monoisotopic (exact) mass is 451 g/mol. The zero-order valence-corrected chi connectivity index (χ0v) is 18.0. The predicted molar refractivity (Wildman–Crippen MR) is 110 cm³/mol. The first kappa shape index (κ1) is 21.5. The Labute approximate surface area is 183 Å². The molecule has 11 heteroatoms. The molecule has 166 valence electrons.